The molecule has 3 N–H and O–H groups in total. The van der Waals surface area contributed by atoms with Crippen molar-refractivity contribution in [3.63, 3.8) is 0 Å². The number of carbonyl (C=O) groups excluding carboxylic acids is 3. The normalized spacial score (nSPS) is 18.3. The molecular weight excluding hydrogens is 534 g/mol. The number of hydrogen-bond acceptors (Lipinski definition) is 7. The molecule has 220 valence electrons. The number of hydrogen-bond donors (Lipinski definition) is 3. The molecular formula is C32H37N5O5. The van der Waals surface area contributed by atoms with Crippen LogP contribution < -0.4 is 15.5 Å². The van der Waals surface area contributed by atoms with E-state index in [1.54, 1.807) is 12.1 Å². The molecule has 2 aromatic carbocycles. The zero-order valence-corrected chi connectivity index (χ0v) is 23.7. The van der Waals surface area contributed by atoms with Crippen molar-refractivity contribution in [2.45, 2.75) is 56.5 Å². The van der Waals surface area contributed by atoms with Crippen molar-refractivity contribution in [2.75, 3.05) is 42.9 Å². The van der Waals surface area contributed by atoms with Gasteiger partial charge in [0.2, 0.25) is 5.91 Å². The molecule has 0 atom stereocenters. The number of anilines is 2. The van der Waals surface area contributed by atoms with Gasteiger partial charge in [0.25, 0.3) is 11.8 Å². The minimum Gasteiger partial charge on any atom is -0.448 e. The second-order valence-electron chi connectivity index (χ2n) is 11.5. The van der Waals surface area contributed by atoms with Gasteiger partial charge < -0.3 is 30.0 Å². The molecule has 10 heteroatoms. The Morgan fingerprint density at radius 1 is 1.05 bits per heavy atom. The molecule has 3 aromatic rings. The highest BCUT2D eigenvalue weighted by molar-refractivity contribution is 6.06. The highest BCUT2D eigenvalue weighted by Gasteiger charge is 2.35. The largest absolute Gasteiger partial charge is 0.448 e. The van der Waals surface area contributed by atoms with Gasteiger partial charge in [-0.05, 0) is 62.3 Å². The smallest absolute Gasteiger partial charge is 0.277 e. The molecule has 3 aliphatic rings. The van der Waals surface area contributed by atoms with Gasteiger partial charge in [-0.2, -0.15) is 0 Å². The quantitative estimate of drug-likeness (QED) is 0.314. The molecule has 3 heterocycles. The van der Waals surface area contributed by atoms with Gasteiger partial charge in [-0.25, -0.2) is 4.98 Å². The maximum atomic E-state index is 13.2. The van der Waals surface area contributed by atoms with Crippen molar-refractivity contribution in [1.29, 1.82) is 0 Å². The summed E-state index contributed by atoms with van der Waals surface area (Å²) in [4.78, 5) is 46.4. The van der Waals surface area contributed by atoms with Crippen LogP contribution >= 0.6 is 0 Å². The molecule has 1 saturated carbocycles. The lowest BCUT2D eigenvalue weighted by Gasteiger charge is -2.40. The highest BCUT2D eigenvalue weighted by Crippen LogP contribution is 2.40. The molecule has 3 fully saturated rings. The number of aliphatic hydroxyl groups is 1. The zero-order valence-electron chi connectivity index (χ0n) is 23.7. The summed E-state index contributed by atoms with van der Waals surface area (Å²) in [6, 6.07) is 15.0. The van der Waals surface area contributed by atoms with Crippen molar-refractivity contribution in [3.8, 4) is 0 Å². The number of benzene rings is 2. The maximum Gasteiger partial charge on any atom is 0.277 e. The first-order chi connectivity index (χ1) is 20.4. The van der Waals surface area contributed by atoms with Gasteiger partial charge in [0, 0.05) is 50.6 Å². The summed E-state index contributed by atoms with van der Waals surface area (Å²) in [6.45, 7) is 3.00. The predicted octanol–water partition coefficient (Wildman–Crippen LogP) is 4.03. The number of nitrogens with zero attached hydrogens (tertiary/aromatic N) is 3. The van der Waals surface area contributed by atoms with Crippen molar-refractivity contribution in [1.82, 2.24) is 15.2 Å². The van der Waals surface area contributed by atoms with Gasteiger partial charge in [0.1, 0.15) is 6.26 Å². The Labute approximate surface area is 245 Å². The Morgan fingerprint density at radius 2 is 1.83 bits per heavy atom. The summed E-state index contributed by atoms with van der Waals surface area (Å²) in [7, 11) is 0. The number of oxazole rings is 1. The van der Waals surface area contributed by atoms with Crippen LogP contribution in [0.4, 0.5) is 11.4 Å². The molecule has 0 radical (unpaired) electrons. The second-order valence-corrected chi connectivity index (χ2v) is 11.5. The van der Waals surface area contributed by atoms with E-state index in [-0.39, 0.29) is 23.4 Å². The van der Waals surface area contributed by atoms with Crippen LogP contribution in [0.1, 0.15) is 83.2 Å². The molecule has 0 spiro atoms. The molecule has 0 bridgehead atoms. The van der Waals surface area contributed by atoms with E-state index in [0.29, 0.717) is 69.0 Å². The minimum atomic E-state index is -0.916. The topological polar surface area (TPSA) is 128 Å². The SMILES string of the molecule is O=C(NCCCN1CCCC1=O)c1ccc(N2CCC(O)(c3ccccc3)CC2)c(NC(=O)c2coc(C3CC3)n2)c1. The van der Waals surface area contributed by atoms with Crippen LogP contribution in [0, 0.1) is 0 Å². The van der Waals surface area contributed by atoms with E-state index >= 15 is 0 Å². The zero-order chi connectivity index (χ0) is 29.1. The molecule has 0 unspecified atom stereocenters. The molecule has 10 nitrogen and oxygen atoms in total. The Balaban J connectivity index is 1.16. The monoisotopic (exact) mass is 571 g/mol. The first-order valence-corrected chi connectivity index (χ1v) is 14.9. The lowest BCUT2D eigenvalue weighted by molar-refractivity contribution is -0.127. The second kappa shape index (κ2) is 12.0. The van der Waals surface area contributed by atoms with Crippen molar-refractivity contribution < 1.29 is 23.9 Å². The van der Waals surface area contributed by atoms with Crippen LogP contribution in [0.25, 0.3) is 0 Å². The average Bonchev–Trinajstić information content (AvgIpc) is 3.59. The maximum absolute atomic E-state index is 13.2. The Bertz CT molecular complexity index is 1440. The number of amides is 3. The van der Waals surface area contributed by atoms with Crippen LogP contribution in [0.2, 0.25) is 0 Å². The fraction of sp³-hybridized carbons (Fsp3) is 0.438. The molecule has 2 saturated heterocycles. The number of piperidine rings is 1. The number of nitrogens with one attached hydrogen (secondary N) is 2. The Hall–Kier alpha value is -4.18. The molecule has 6 rings (SSSR count). The van der Waals surface area contributed by atoms with Gasteiger partial charge in [-0.15, -0.1) is 0 Å². The summed E-state index contributed by atoms with van der Waals surface area (Å²) in [6.07, 6.45) is 6.64. The first-order valence-electron chi connectivity index (χ1n) is 14.9. The summed E-state index contributed by atoms with van der Waals surface area (Å²) in [5.41, 5.74) is 1.87. The average molecular weight is 572 g/mol. The van der Waals surface area contributed by atoms with Crippen molar-refractivity contribution >= 4 is 29.1 Å². The molecule has 1 aromatic heterocycles. The van der Waals surface area contributed by atoms with Crippen LogP contribution in [0.15, 0.2) is 59.2 Å². The lowest BCUT2D eigenvalue weighted by atomic mass is 9.84. The molecule has 1 aliphatic carbocycles. The van der Waals surface area contributed by atoms with E-state index in [1.165, 1.54) is 6.26 Å². The third-order valence-corrected chi connectivity index (χ3v) is 8.49. The number of rotatable bonds is 10. The summed E-state index contributed by atoms with van der Waals surface area (Å²) in [5.74, 6) is 0.389. The van der Waals surface area contributed by atoms with E-state index in [2.05, 4.69) is 20.5 Å². The van der Waals surface area contributed by atoms with Gasteiger partial charge >= 0.3 is 0 Å². The van der Waals surface area contributed by atoms with E-state index in [1.807, 2.05) is 41.3 Å². The van der Waals surface area contributed by atoms with E-state index in [0.717, 1.165) is 37.1 Å². The molecule has 42 heavy (non-hydrogen) atoms. The summed E-state index contributed by atoms with van der Waals surface area (Å²) in [5, 5.41) is 17.2. The van der Waals surface area contributed by atoms with Crippen LogP contribution in [-0.2, 0) is 10.4 Å². The lowest BCUT2D eigenvalue weighted by Crippen LogP contribution is -2.43. The van der Waals surface area contributed by atoms with Gasteiger partial charge in [-0.3, -0.25) is 14.4 Å². The Kier molecular flexibility index (Phi) is 7.97. The standard InChI is InChI=1S/C32H37N5O5/c38-28-8-4-16-37(28)17-5-15-33-29(39)23-11-12-27(36-18-13-32(41,14-19-36)24-6-2-1-3-7-24)25(20-23)34-30(40)26-21-42-31(35-26)22-9-10-22/h1-3,6-7,11-12,20-22,41H,4-5,8-10,13-19H2,(H,33,39)(H,34,40). The van der Waals surface area contributed by atoms with Crippen molar-refractivity contribution in [2.24, 2.45) is 0 Å². The van der Waals surface area contributed by atoms with Crippen LogP contribution in [-0.4, -0.2) is 65.4 Å². The van der Waals surface area contributed by atoms with Crippen LogP contribution in [0.5, 0.6) is 0 Å². The highest BCUT2D eigenvalue weighted by atomic mass is 16.3. The number of carbonyl (C=O) groups is 3. The number of aromatic nitrogens is 1. The predicted molar refractivity (Wildman–Crippen MR) is 157 cm³/mol. The first kappa shape index (κ1) is 28.0. The van der Waals surface area contributed by atoms with E-state index in [4.69, 9.17) is 4.42 Å². The summed E-state index contributed by atoms with van der Waals surface area (Å²) >= 11 is 0. The summed E-state index contributed by atoms with van der Waals surface area (Å²) < 4.78 is 5.52. The van der Waals surface area contributed by atoms with Gasteiger partial charge in [-0.1, -0.05) is 30.3 Å². The van der Waals surface area contributed by atoms with E-state index < -0.39 is 11.5 Å². The molecule has 2 aliphatic heterocycles. The fourth-order valence-electron chi connectivity index (χ4n) is 5.82. The third-order valence-electron chi connectivity index (χ3n) is 8.49. The van der Waals surface area contributed by atoms with Crippen LogP contribution in [0.3, 0.4) is 0 Å². The minimum absolute atomic E-state index is 0.175. The van der Waals surface area contributed by atoms with E-state index in [9.17, 15) is 19.5 Å². The molecule has 3 amide bonds. The van der Waals surface area contributed by atoms with Crippen molar-refractivity contribution in [3.05, 3.63) is 77.5 Å². The third kappa shape index (κ3) is 6.18. The fourth-order valence-corrected chi connectivity index (χ4v) is 5.82. The Morgan fingerprint density at radius 3 is 2.55 bits per heavy atom. The van der Waals surface area contributed by atoms with Gasteiger partial charge in [0.15, 0.2) is 11.6 Å². The number of likely N-dealkylation sites (tertiary alicyclic amines) is 1. The van der Waals surface area contributed by atoms with Gasteiger partial charge in [0.05, 0.1) is 17.0 Å².